The molecular formula is C12H16ClN. The zero-order valence-corrected chi connectivity index (χ0v) is 9.24. The second-order valence-electron chi connectivity index (χ2n) is 3.00. The minimum Gasteiger partial charge on any atom is -0.368 e. The van der Waals surface area contributed by atoms with Gasteiger partial charge < -0.3 is 4.90 Å². The summed E-state index contributed by atoms with van der Waals surface area (Å²) in [5.74, 6) is 0.590. The van der Waals surface area contributed by atoms with Crippen molar-refractivity contribution in [3.8, 4) is 0 Å². The molecule has 14 heavy (non-hydrogen) atoms. The number of nitrogens with zero attached hydrogens (tertiary/aromatic N) is 1. The van der Waals surface area contributed by atoms with Crippen molar-refractivity contribution in [3.63, 3.8) is 0 Å². The number of anilines is 1. The third-order valence-corrected chi connectivity index (χ3v) is 2.26. The smallest absolute Gasteiger partial charge is 0.0404 e. The maximum absolute atomic E-state index is 5.57. The lowest BCUT2D eigenvalue weighted by Crippen LogP contribution is -2.22. The molecular weight excluding hydrogens is 194 g/mol. The molecule has 0 atom stereocenters. The number of hydrogen-bond donors (Lipinski definition) is 0. The average molecular weight is 210 g/mol. The Morgan fingerprint density at radius 2 is 1.93 bits per heavy atom. The fraction of sp³-hybridized carbons (Fsp3) is 0.333. The topological polar surface area (TPSA) is 3.24 Å². The number of para-hydroxylation sites is 1. The summed E-state index contributed by atoms with van der Waals surface area (Å²) >= 11 is 5.57. The first kappa shape index (κ1) is 11.1. The fourth-order valence-corrected chi connectivity index (χ4v) is 1.45. The SMILES string of the molecule is CCN(CC=CCCl)c1ccccc1. The lowest BCUT2D eigenvalue weighted by Gasteiger charge is -2.21. The Balaban J connectivity index is 2.58. The molecule has 1 aromatic carbocycles. The first-order valence-corrected chi connectivity index (χ1v) is 5.43. The lowest BCUT2D eigenvalue weighted by atomic mass is 10.3. The van der Waals surface area contributed by atoms with Crippen LogP contribution < -0.4 is 4.90 Å². The van der Waals surface area contributed by atoms with E-state index < -0.39 is 0 Å². The maximum Gasteiger partial charge on any atom is 0.0404 e. The van der Waals surface area contributed by atoms with Crippen molar-refractivity contribution in [3.05, 3.63) is 42.5 Å². The molecule has 1 rings (SSSR count). The van der Waals surface area contributed by atoms with Crippen molar-refractivity contribution in [2.45, 2.75) is 6.92 Å². The first-order valence-electron chi connectivity index (χ1n) is 4.89. The maximum atomic E-state index is 5.57. The quantitative estimate of drug-likeness (QED) is 0.531. The average Bonchev–Trinajstić information content (AvgIpc) is 2.26. The highest BCUT2D eigenvalue weighted by molar-refractivity contribution is 6.18. The monoisotopic (exact) mass is 209 g/mol. The van der Waals surface area contributed by atoms with Crippen LogP contribution in [0.3, 0.4) is 0 Å². The Labute approximate surface area is 91.0 Å². The molecule has 1 nitrogen and oxygen atoms in total. The second kappa shape index (κ2) is 6.50. The second-order valence-corrected chi connectivity index (χ2v) is 3.31. The van der Waals surface area contributed by atoms with Crippen LogP contribution in [0.5, 0.6) is 0 Å². The van der Waals surface area contributed by atoms with Gasteiger partial charge in [-0.15, -0.1) is 11.6 Å². The molecule has 2 heteroatoms. The molecule has 0 fully saturated rings. The number of rotatable bonds is 5. The van der Waals surface area contributed by atoms with Crippen molar-refractivity contribution < 1.29 is 0 Å². The molecule has 0 aromatic heterocycles. The van der Waals surface area contributed by atoms with E-state index in [9.17, 15) is 0 Å². The van der Waals surface area contributed by atoms with Gasteiger partial charge in [-0.3, -0.25) is 0 Å². The third-order valence-electron chi connectivity index (χ3n) is 2.08. The summed E-state index contributed by atoms with van der Waals surface area (Å²) in [6.45, 7) is 4.09. The van der Waals surface area contributed by atoms with E-state index in [1.165, 1.54) is 5.69 Å². The summed E-state index contributed by atoms with van der Waals surface area (Å²) < 4.78 is 0. The minimum atomic E-state index is 0.590. The number of alkyl halides is 1. The molecule has 0 aliphatic heterocycles. The predicted molar refractivity (Wildman–Crippen MR) is 64.2 cm³/mol. The van der Waals surface area contributed by atoms with Gasteiger partial charge in [0, 0.05) is 24.7 Å². The number of benzene rings is 1. The highest BCUT2D eigenvalue weighted by atomic mass is 35.5. The Bertz CT molecular complexity index is 269. The van der Waals surface area contributed by atoms with Gasteiger partial charge in [-0.1, -0.05) is 30.4 Å². The van der Waals surface area contributed by atoms with E-state index in [-0.39, 0.29) is 0 Å². The Hall–Kier alpha value is -0.950. The van der Waals surface area contributed by atoms with Gasteiger partial charge in [0.15, 0.2) is 0 Å². The van der Waals surface area contributed by atoms with Crippen LogP contribution in [0.4, 0.5) is 5.69 Å². The van der Waals surface area contributed by atoms with Crippen LogP contribution in [-0.4, -0.2) is 19.0 Å². The van der Waals surface area contributed by atoms with Gasteiger partial charge in [-0.05, 0) is 19.1 Å². The van der Waals surface area contributed by atoms with Crippen molar-refractivity contribution >= 4 is 17.3 Å². The molecule has 0 N–H and O–H groups in total. The van der Waals surface area contributed by atoms with Crippen LogP contribution in [-0.2, 0) is 0 Å². The lowest BCUT2D eigenvalue weighted by molar-refractivity contribution is 0.905. The molecule has 0 amide bonds. The standard InChI is InChI=1S/C12H16ClN/c1-2-14(11-7-6-10-13)12-8-4-3-5-9-12/h3-9H,2,10-11H2,1H3. The van der Waals surface area contributed by atoms with E-state index in [1.54, 1.807) is 0 Å². The highest BCUT2D eigenvalue weighted by Gasteiger charge is 1.99. The molecule has 0 radical (unpaired) electrons. The summed E-state index contributed by atoms with van der Waals surface area (Å²) in [5.41, 5.74) is 1.26. The van der Waals surface area contributed by atoms with Gasteiger partial charge in [0.1, 0.15) is 0 Å². The van der Waals surface area contributed by atoms with Crippen LogP contribution in [0, 0.1) is 0 Å². The van der Waals surface area contributed by atoms with E-state index in [1.807, 2.05) is 12.1 Å². The molecule has 0 spiro atoms. The van der Waals surface area contributed by atoms with Crippen molar-refractivity contribution in [2.24, 2.45) is 0 Å². The normalized spacial score (nSPS) is 10.7. The van der Waals surface area contributed by atoms with Crippen LogP contribution in [0.2, 0.25) is 0 Å². The Morgan fingerprint density at radius 1 is 1.21 bits per heavy atom. The van der Waals surface area contributed by atoms with Gasteiger partial charge in [0.2, 0.25) is 0 Å². The number of hydrogen-bond acceptors (Lipinski definition) is 1. The fourth-order valence-electron chi connectivity index (χ4n) is 1.32. The van der Waals surface area contributed by atoms with E-state index >= 15 is 0 Å². The molecule has 0 aliphatic carbocycles. The minimum absolute atomic E-state index is 0.590. The van der Waals surface area contributed by atoms with Crippen LogP contribution in [0.1, 0.15) is 6.92 Å². The van der Waals surface area contributed by atoms with E-state index in [4.69, 9.17) is 11.6 Å². The summed E-state index contributed by atoms with van der Waals surface area (Å²) in [7, 11) is 0. The number of likely N-dealkylation sites (N-methyl/N-ethyl adjacent to an activating group) is 1. The molecule has 0 aliphatic rings. The number of allylic oxidation sites excluding steroid dienone is 1. The zero-order valence-electron chi connectivity index (χ0n) is 8.49. The summed E-state index contributed by atoms with van der Waals surface area (Å²) in [4.78, 5) is 2.29. The Kier molecular flexibility index (Phi) is 5.16. The van der Waals surface area contributed by atoms with Crippen LogP contribution >= 0.6 is 11.6 Å². The van der Waals surface area contributed by atoms with Gasteiger partial charge >= 0.3 is 0 Å². The van der Waals surface area contributed by atoms with Gasteiger partial charge in [-0.2, -0.15) is 0 Å². The molecule has 0 saturated carbocycles. The molecule has 0 unspecified atom stereocenters. The Morgan fingerprint density at radius 3 is 2.50 bits per heavy atom. The summed E-state index contributed by atoms with van der Waals surface area (Å²) in [5, 5.41) is 0. The molecule has 76 valence electrons. The van der Waals surface area contributed by atoms with Gasteiger partial charge in [0.25, 0.3) is 0 Å². The molecule has 0 saturated heterocycles. The zero-order chi connectivity index (χ0) is 10.2. The van der Waals surface area contributed by atoms with E-state index in [2.05, 4.69) is 42.2 Å². The molecule has 0 bridgehead atoms. The summed E-state index contributed by atoms with van der Waals surface area (Å²) in [6, 6.07) is 10.4. The van der Waals surface area contributed by atoms with Gasteiger partial charge in [0.05, 0.1) is 0 Å². The molecule has 0 heterocycles. The van der Waals surface area contributed by atoms with Crippen molar-refractivity contribution in [1.29, 1.82) is 0 Å². The number of halogens is 1. The summed E-state index contributed by atoms with van der Waals surface area (Å²) in [6.07, 6.45) is 4.08. The van der Waals surface area contributed by atoms with Gasteiger partial charge in [-0.25, -0.2) is 0 Å². The van der Waals surface area contributed by atoms with E-state index in [0.29, 0.717) is 5.88 Å². The van der Waals surface area contributed by atoms with Crippen molar-refractivity contribution in [2.75, 3.05) is 23.9 Å². The van der Waals surface area contributed by atoms with Crippen molar-refractivity contribution in [1.82, 2.24) is 0 Å². The van der Waals surface area contributed by atoms with E-state index in [0.717, 1.165) is 13.1 Å². The van der Waals surface area contributed by atoms with Crippen LogP contribution in [0.25, 0.3) is 0 Å². The van der Waals surface area contributed by atoms with Crippen LogP contribution in [0.15, 0.2) is 42.5 Å². The predicted octanol–water partition coefficient (Wildman–Crippen LogP) is 3.31. The largest absolute Gasteiger partial charge is 0.368 e. The molecule has 1 aromatic rings. The third kappa shape index (κ3) is 3.43. The first-order chi connectivity index (χ1) is 6.88. The highest BCUT2D eigenvalue weighted by Crippen LogP contribution is 2.12.